The molecule has 0 aromatic heterocycles. The van der Waals surface area contributed by atoms with E-state index in [1.54, 1.807) is 6.92 Å². The highest BCUT2D eigenvalue weighted by molar-refractivity contribution is 5.76. The van der Waals surface area contributed by atoms with Gasteiger partial charge in [-0.3, -0.25) is 9.63 Å². The van der Waals surface area contributed by atoms with Gasteiger partial charge in [-0.15, -0.1) is 0 Å². The minimum Gasteiger partial charge on any atom is -0.465 e. The lowest BCUT2D eigenvalue weighted by atomic mass is 10.1. The van der Waals surface area contributed by atoms with Crippen molar-refractivity contribution in [2.45, 2.75) is 26.0 Å². The number of esters is 1. The molecule has 116 valence electrons. The number of carbonyl (C=O) groups excluding carboxylic acids is 1. The molecule has 22 heavy (non-hydrogen) atoms. The second-order valence-corrected chi connectivity index (χ2v) is 4.89. The molecule has 0 radical (unpaired) electrons. The van der Waals surface area contributed by atoms with Gasteiger partial charge in [-0.2, -0.15) is 5.48 Å². The first-order chi connectivity index (χ1) is 10.8. The minimum atomic E-state index is -0.522. The van der Waals surface area contributed by atoms with Gasteiger partial charge in [0.25, 0.3) is 0 Å². The third-order valence-corrected chi connectivity index (χ3v) is 3.16. The third-order valence-electron chi connectivity index (χ3n) is 3.16. The van der Waals surface area contributed by atoms with Crippen molar-refractivity contribution in [3.63, 3.8) is 0 Å². The Morgan fingerprint density at radius 1 is 1.00 bits per heavy atom. The molecular formula is C18H21NO3. The van der Waals surface area contributed by atoms with E-state index in [-0.39, 0.29) is 5.97 Å². The molecule has 0 fully saturated rings. The lowest BCUT2D eigenvalue weighted by Crippen LogP contribution is -2.39. The zero-order chi connectivity index (χ0) is 15.6. The molecule has 0 saturated heterocycles. The maximum Gasteiger partial charge on any atom is 0.325 e. The Hall–Kier alpha value is -2.17. The minimum absolute atomic E-state index is 0.306. The summed E-state index contributed by atoms with van der Waals surface area (Å²) in [6.45, 7) is 2.54. The summed E-state index contributed by atoms with van der Waals surface area (Å²) in [7, 11) is 0. The average molecular weight is 299 g/mol. The van der Waals surface area contributed by atoms with Gasteiger partial charge in [-0.25, -0.2) is 0 Å². The zero-order valence-corrected chi connectivity index (χ0v) is 12.7. The number of hydroxylamine groups is 1. The molecule has 2 aromatic carbocycles. The molecule has 0 bridgehead atoms. The van der Waals surface area contributed by atoms with Gasteiger partial charge in [-0.1, -0.05) is 60.7 Å². The number of hydrogen-bond donors (Lipinski definition) is 1. The molecular weight excluding hydrogens is 278 g/mol. The molecule has 4 nitrogen and oxygen atoms in total. The average Bonchev–Trinajstić information content (AvgIpc) is 2.56. The topological polar surface area (TPSA) is 47.6 Å². The second kappa shape index (κ2) is 8.97. The van der Waals surface area contributed by atoms with Crippen LogP contribution >= 0.6 is 0 Å². The molecule has 0 heterocycles. The van der Waals surface area contributed by atoms with Crippen molar-refractivity contribution >= 4 is 5.97 Å². The van der Waals surface area contributed by atoms with Crippen molar-refractivity contribution < 1.29 is 14.4 Å². The largest absolute Gasteiger partial charge is 0.465 e. The Bertz CT molecular complexity index is 557. The highest BCUT2D eigenvalue weighted by Crippen LogP contribution is 2.06. The smallest absolute Gasteiger partial charge is 0.325 e. The first-order valence-corrected chi connectivity index (χ1v) is 7.41. The lowest BCUT2D eigenvalue weighted by molar-refractivity contribution is -0.150. The molecule has 2 aromatic rings. The van der Waals surface area contributed by atoms with Crippen LogP contribution in [0.4, 0.5) is 0 Å². The van der Waals surface area contributed by atoms with Crippen LogP contribution in [0.1, 0.15) is 18.1 Å². The van der Waals surface area contributed by atoms with Crippen LogP contribution in [-0.2, 0) is 27.4 Å². The third kappa shape index (κ3) is 5.31. The first kappa shape index (κ1) is 16.2. The predicted molar refractivity (Wildman–Crippen MR) is 84.9 cm³/mol. The van der Waals surface area contributed by atoms with Crippen LogP contribution in [0.2, 0.25) is 0 Å². The van der Waals surface area contributed by atoms with E-state index in [1.807, 2.05) is 60.7 Å². The fourth-order valence-corrected chi connectivity index (χ4v) is 2.07. The summed E-state index contributed by atoms with van der Waals surface area (Å²) in [6.07, 6.45) is 0.522. The monoisotopic (exact) mass is 299 g/mol. The van der Waals surface area contributed by atoms with E-state index in [4.69, 9.17) is 9.57 Å². The Balaban J connectivity index is 1.91. The summed E-state index contributed by atoms with van der Waals surface area (Å²) < 4.78 is 5.10. The van der Waals surface area contributed by atoms with Crippen molar-refractivity contribution in [1.82, 2.24) is 5.48 Å². The van der Waals surface area contributed by atoms with E-state index in [2.05, 4.69) is 5.48 Å². The zero-order valence-electron chi connectivity index (χ0n) is 12.7. The normalized spacial score (nSPS) is 11.9. The molecule has 1 unspecified atom stereocenters. The number of carbonyl (C=O) groups is 1. The SMILES string of the molecule is CCOC(=O)C(Cc1ccccc1)NOCc1ccccc1. The summed E-state index contributed by atoms with van der Waals surface area (Å²) in [6, 6.07) is 19.1. The van der Waals surface area contributed by atoms with Crippen LogP contribution in [-0.4, -0.2) is 18.6 Å². The Kier molecular flexibility index (Phi) is 6.61. The first-order valence-electron chi connectivity index (χ1n) is 7.41. The maximum atomic E-state index is 12.0. The van der Waals surface area contributed by atoms with Crippen LogP contribution in [0.15, 0.2) is 60.7 Å². The Morgan fingerprint density at radius 2 is 1.59 bits per heavy atom. The quantitative estimate of drug-likeness (QED) is 0.601. The van der Waals surface area contributed by atoms with Gasteiger partial charge in [0.15, 0.2) is 0 Å². The lowest BCUT2D eigenvalue weighted by Gasteiger charge is -2.17. The van der Waals surface area contributed by atoms with Crippen LogP contribution in [0.3, 0.4) is 0 Å². The molecule has 0 spiro atoms. The number of ether oxygens (including phenoxy) is 1. The maximum absolute atomic E-state index is 12.0. The van der Waals surface area contributed by atoms with E-state index >= 15 is 0 Å². The van der Waals surface area contributed by atoms with E-state index in [1.165, 1.54) is 0 Å². The molecule has 2 rings (SSSR count). The van der Waals surface area contributed by atoms with Gasteiger partial charge in [0.1, 0.15) is 6.04 Å². The highest BCUT2D eigenvalue weighted by atomic mass is 16.6. The van der Waals surface area contributed by atoms with Crippen LogP contribution in [0.25, 0.3) is 0 Å². The second-order valence-electron chi connectivity index (χ2n) is 4.89. The summed E-state index contributed by atoms with van der Waals surface area (Å²) in [5.41, 5.74) is 4.92. The standard InChI is InChI=1S/C18H21NO3/c1-2-21-18(20)17(13-15-9-5-3-6-10-15)19-22-14-16-11-7-4-8-12-16/h3-12,17,19H,2,13-14H2,1H3. The van der Waals surface area contributed by atoms with E-state index in [9.17, 15) is 4.79 Å². The van der Waals surface area contributed by atoms with Crippen LogP contribution in [0.5, 0.6) is 0 Å². The predicted octanol–water partition coefficient (Wildman–Crippen LogP) is 2.88. The number of benzene rings is 2. The van der Waals surface area contributed by atoms with Crippen LogP contribution in [0, 0.1) is 0 Å². The molecule has 0 aliphatic heterocycles. The van der Waals surface area contributed by atoms with Gasteiger partial charge in [0.05, 0.1) is 13.2 Å². The molecule has 0 amide bonds. The highest BCUT2D eigenvalue weighted by Gasteiger charge is 2.20. The van der Waals surface area contributed by atoms with E-state index < -0.39 is 6.04 Å². The number of rotatable bonds is 8. The van der Waals surface area contributed by atoms with Gasteiger partial charge < -0.3 is 4.74 Å². The molecule has 0 saturated carbocycles. The molecule has 1 atom stereocenters. The molecule has 0 aliphatic rings. The van der Waals surface area contributed by atoms with Gasteiger partial charge >= 0.3 is 5.97 Å². The number of hydrogen-bond acceptors (Lipinski definition) is 4. The van der Waals surface area contributed by atoms with Gasteiger partial charge in [0.2, 0.25) is 0 Å². The Morgan fingerprint density at radius 3 is 2.18 bits per heavy atom. The van der Waals surface area contributed by atoms with E-state index in [0.29, 0.717) is 19.6 Å². The van der Waals surface area contributed by atoms with Crippen molar-refractivity contribution in [2.75, 3.05) is 6.61 Å². The number of nitrogens with one attached hydrogen (secondary N) is 1. The van der Waals surface area contributed by atoms with E-state index in [0.717, 1.165) is 11.1 Å². The van der Waals surface area contributed by atoms with Gasteiger partial charge in [0, 0.05) is 6.42 Å². The fraction of sp³-hybridized carbons (Fsp3) is 0.278. The molecule has 4 heteroatoms. The van der Waals surface area contributed by atoms with Gasteiger partial charge in [-0.05, 0) is 18.1 Å². The summed E-state index contributed by atoms with van der Waals surface area (Å²) in [4.78, 5) is 17.5. The van der Waals surface area contributed by atoms with Crippen molar-refractivity contribution in [3.05, 3.63) is 71.8 Å². The molecule has 0 aliphatic carbocycles. The fourth-order valence-electron chi connectivity index (χ4n) is 2.07. The summed E-state index contributed by atoms with van der Waals surface area (Å²) >= 11 is 0. The van der Waals surface area contributed by atoms with Crippen molar-refractivity contribution in [1.29, 1.82) is 0 Å². The van der Waals surface area contributed by atoms with Crippen molar-refractivity contribution in [2.24, 2.45) is 0 Å². The van der Waals surface area contributed by atoms with Crippen molar-refractivity contribution in [3.8, 4) is 0 Å². The summed E-state index contributed by atoms with van der Waals surface area (Å²) in [5.74, 6) is -0.306. The molecule has 1 N–H and O–H groups in total. The summed E-state index contributed by atoms with van der Waals surface area (Å²) in [5, 5.41) is 0. The van der Waals surface area contributed by atoms with Crippen LogP contribution < -0.4 is 5.48 Å². The Labute approximate surface area is 131 Å².